The van der Waals surface area contributed by atoms with Crippen LogP contribution < -0.4 is 5.32 Å². The predicted octanol–water partition coefficient (Wildman–Crippen LogP) is 3.83. The van der Waals surface area contributed by atoms with E-state index in [1.165, 1.54) is 18.9 Å². The number of aromatic nitrogens is 2. The lowest BCUT2D eigenvalue weighted by Gasteiger charge is -2.32. The van der Waals surface area contributed by atoms with Gasteiger partial charge in [0.2, 0.25) is 0 Å². The molecule has 1 saturated carbocycles. The van der Waals surface area contributed by atoms with Crippen LogP contribution in [-0.2, 0) is 12.8 Å². The summed E-state index contributed by atoms with van der Waals surface area (Å²) in [6.45, 7) is 4.53. The standard InChI is InChI=1S/C23H29FN4O.ClH/c1-15-5-8-21(19(24)13-15)28-20-4-2-3-18(20)22(26-28)23(29)27-11-9-17(10-12-27)25-14-16-6-7-16;/h5,8,13,16-17,25H,2-4,6-7,9-12,14H2,1H3;1H. The first-order valence-electron chi connectivity index (χ1n) is 11.0. The van der Waals surface area contributed by atoms with Gasteiger partial charge < -0.3 is 10.2 Å². The SMILES string of the molecule is Cc1ccc(-n2nc(C(=O)N3CCC(NCC4CC4)CC3)c3c2CCC3)c(F)c1.Cl. The number of hydrogen-bond acceptors (Lipinski definition) is 3. The van der Waals surface area contributed by atoms with E-state index in [1.54, 1.807) is 10.7 Å². The van der Waals surface area contributed by atoms with E-state index in [2.05, 4.69) is 10.4 Å². The first-order chi connectivity index (χ1) is 14.1. The number of carbonyl (C=O) groups excluding carboxylic acids is 1. The van der Waals surface area contributed by atoms with Crippen LogP contribution in [0.2, 0.25) is 0 Å². The summed E-state index contributed by atoms with van der Waals surface area (Å²) in [6, 6.07) is 5.70. The summed E-state index contributed by atoms with van der Waals surface area (Å²) in [7, 11) is 0. The van der Waals surface area contributed by atoms with Crippen LogP contribution in [0.5, 0.6) is 0 Å². The van der Waals surface area contributed by atoms with Crippen molar-refractivity contribution in [2.45, 2.75) is 57.9 Å². The van der Waals surface area contributed by atoms with Crippen molar-refractivity contribution in [3.05, 3.63) is 46.5 Å². The van der Waals surface area contributed by atoms with Crippen molar-refractivity contribution in [3.8, 4) is 5.69 Å². The molecule has 7 heteroatoms. The number of nitrogens with zero attached hydrogens (tertiary/aromatic N) is 3. The zero-order chi connectivity index (χ0) is 20.0. The molecule has 2 aliphatic carbocycles. The van der Waals surface area contributed by atoms with E-state index < -0.39 is 0 Å². The van der Waals surface area contributed by atoms with Crippen molar-refractivity contribution in [2.24, 2.45) is 5.92 Å². The van der Waals surface area contributed by atoms with Crippen LogP contribution in [-0.4, -0.2) is 46.3 Å². The third-order valence-electron chi connectivity index (χ3n) is 6.64. The molecule has 0 bridgehead atoms. The first kappa shape index (κ1) is 21.3. The van der Waals surface area contributed by atoms with Gasteiger partial charge in [-0.2, -0.15) is 5.10 Å². The lowest BCUT2D eigenvalue weighted by Crippen LogP contribution is -2.45. The Morgan fingerprint density at radius 1 is 1.20 bits per heavy atom. The number of likely N-dealkylation sites (tertiary alicyclic amines) is 1. The topological polar surface area (TPSA) is 50.2 Å². The van der Waals surface area contributed by atoms with Crippen molar-refractivity contribution in [3.63, 3.8) is 0 Å². The highest BCUT2D eigenvalue weighted by Crippen LogP contribution is 2.31. The summed E-state index contributed by atoms with van der Waals surface area (Å²) in [5, 5.41) is 8.29. The molecule has 2 fully saturated rings. The maximum absolute atomic E-state index is 14.6. The van der Waals surface area contributed by atoms with E-state index in [9.17, 15) is 9.18 Å². The molecular formula is C23H30ClFN4O. The highest BCUT2D eigenvalue weighted by molar-refractivity contribution is 5.94. The molecule has 1 amide bonds. The molecule has 0 spiro atoms. The van der Waals surface area contributed by atoms with Crippen LogP contribution in [0, 0.1) is 18.7 Å². The van der Waals surface area contributed by atoms with Crippen LogP contribution in [0.1, 0.15) is 59.4 Å². The van der Waals surface area contributed by atoms with E-state index in [0.29, 0.717) is 17.4 Å². The summed E-state index contributed by atoms with van der Waals surface area (Å²) in [6.07, 6.45) is 7.40. The molecule has 2 heterocycles. The lowest BCUT2D eigenvalue weighted by atomic mass is 10.0. The molecular weight excluding hydrogens is 403 g/mol. The minimum absolute atomic E-state index is 0. The molecule has 1 aromatic carbocycles. The zero-order valence-electron chi connectivity index (χ0n) is 17.5. The van der Waals surface area contributed by atoms with Crippen LogP contribution in [0.4, 0.5) is 4.39 Å². The van der Waals surface area contributed by atoms with Crippen molar-refractivity contribution in [1.29, 1.82) is 0 Å². The van der Waals surface area contributed by atoms with Crippen LogP contribution in [0.25, 0.3) is 5.69 Å². The van der Waals surface area contributed by atoms with E-state index in [0.717, 1.165) is 74.5 Å². The summed E-state index contributed by atoms with van der Waals surface area (Å²) in [4.78, 5) is 15.2. The molecule has 30 heavy (non-hydrogen) atoms. The smallest absolute Gasteiger partial charge is 0.274 e. The Labute approximate surface area is 183 Å². The monoisotopic (exact) mass is 432 g/mol. The van der Waals surface area contributed by atoms with E-state index in [4.69, 9.17) is 0 Å². The second-order valence-corrected chi connectivity index (χ2v) is 8.91. The van der Waals surface area contributed by atoms with Gasteiger partial charge in [0, 0.05) is 30.4 Å². The number of fused-ring (bicyclic) bond motifs is 1. The van der Waals surface area contributed by atoms with E-state index in [1.807, 2.05) is 17.9 Å². The van der Waals surface area contributed by atoms with E-state index in [-0.39, 0.29) is 24.1 Å². The predicted molar refractivity (Wildman–Crippen MR) is 117 cm³/mol. The molecule has 1 aromatic heterocycles. The number of piperidine rings is 1. The average Bonchev–Trinajstić information content (AvgIpc) is 3.30. The molecule has 0 radical (unpaired) electrons. The molecule has 1 saturated heterocycles. The van der Waals surface area contributed by atoms with Crippen LogP contribution in [0.3, 0.4) is 0 Å². The van der Waals surface area contributed by atoms with Gasteiger partial charge in [-0.1, -0.05) is 6.07 Å². The van der Waals surface area contributed by atoms with Crippen LogP contribution in [0.15, 0.2) is 18.2 Å². The molecule has 0 unspecified atom stereocenters. The Kier molecular flexibility index (Phi) is 6.16. The van der Waals surface area contributed by atoms with Crippen molar-refractivity contribution >= 4 is 18.3 Å². The van der Waals surface area contributed by atoms with Gasteiger partial charge in [-0.15, -0.1) is 12.4 Å². The maximum Gasteiger partial charge on any atom is 0.274 e. The fourth-order valence-corrected chi connectivity index (χ4v) is 4.68. The normalized spacial score (nSPS) is 18.9. The Balaban J connectivity index is 0.00000218. The number of amides is 1. The summed E-state index contributed by atoms with van der Waals surface area (Å²) < 4.78 is 16.3. The molecule has 2 aromatic rings. The summed E-state index contributed by atoms with van der Waals surface area (Å²) in [5.41, 5.74) is 3.86. The third-order valence-corrected chi connectivity index (χ3v) is 6.64. The summed E-state index contributed by atoms with van der Waals surface area (Å²) in [5.74, 6) is 0.599. The zero-order valence-corrected chi connectivity index (χ0v) is 18.3. The number of benzene rings is 1. The minimum atomic E-state index is -0.288. The molecule has 0 atom stereocenters. The third kappa shape index (κ3) is 4.12. The van der Waals surface area contributed by atoms with Crippen molar-refractivity contribution in [1.82, 2.24) is 20.0 Å². The summed E-state index contributed by atoms with van der Waals surface area (Å²) >= 11 is 0. The van der Waals surface area contributed by atoms with Gasteiger partial charge in [0.15, 0.2) is 5.69 Å². The van der Waals surface area contributed by atoms with Gasteiger partial charge in [-0.05, 0) is 82.0 Å². The van der Waals surface area contributed by atoms with Gasteiger partial charge in [0.05, 0.1) is 0 Å². The number of carbonyl (C=O) groups is 1. The van der Waals surface area contributed by atoms with Gasteiger partial charge in [-0.3, -0.25) is 4.79 Å². The lowest BCUT2D eigenvalue weighted by molar-refractivity contribution is 0.0697. The Hall–Kier alpha value is -1.92. The molecule has 5 rings (SSSR count). The number of nitrogens with one attached hydrogen (secondary N) is 1. The van der Waals surface area contributed by atoms with Gasteiger partial charge in [-0.25, -0.2) is 9.07 Å². The van der Waals surface area contributed by atoms with Gasteiger partial charge in [0.1, 0.15) is 11.5 Å². The Bertz CT molecular complexity index is 932. The number of rotatable bonds is 5. The van der Waals surface area contributed by atoms with Gasteiger partial charge >= 0.3 is 0 Å². The largest absolute Gasteiger partial charge is 0.337 e. The number of halogens is 2. The number of hydrogen-bond donors (Lipinski definition) is 1. The van der Waals surface area contributed by atoms with Crippen molar-refractivity contribution in [2.75, 3.05) is 19.6 Å². The molecule has 1 aliphatic heterocycles. The molecule has 3 aliphatic rings. The maximum atomic E-state index is 14.6. The number of aryl methyl sites for hydroxylation is 1. The Morgan fingerprint density at radius 2 is 1.97 bits per heavy atom. The fourth-order valence-electron chi connectivity index (χ4n) is 4.68. The molecule has 5 nitrogen and oxygen atoms in total. The quantitative estimate of drug-likeness (QED) is 0.781. The highest BCUT2D eigenvalue weighted by atomic mass is 35.5. The first-order valence-corrected chi connectivity index (χ1v) is 11.0. The molecule has 162 valence electrons. The molecule has 1 N–H and O–H groups in total. The minimum Gasteiger partial charge on any atom is -0.337 e. The average molecular weight is 433 g/mol. The van der Waals surface area contributed by atoms with Gasteiger partial charge in [0.25, 0.3) is 5.91 Å². The van der Waals surface area contributed by atoms with Crippen molar-refractivity contribution < 1.29 is 9.18 Å². The Morgan fingerprint density at radius 3 is 2.67 bits per heavy atom. The second-order valence-electron chi connectivity index (χ2n) is 8.91. The highest BCUT2D eigenvalue weighted by Gasteiger charge is 2.32. The fraction of sp³-hybridized carbons (Fsp3) is 0.565. The van der Waals surface area contributed by atoms with Crippen LogP contribution >= 0.6 is 12.4 Å². The van der Waals surface area contributed by atoms with E-state index >= 15 is 0 Å². The second kappa shape index (κ2) is 8.67.